The molecule has 0 unspecified atom stereocenters. The van der Waals surface area contributed by atoms with Crippen molar-refractivity contribution in [3.63, 3.8) is 0 Å². The summed E-state index contributed by atoms with van der Waals surface area (Å²) in [6.07, 6.45) is 4.33. The number of aromatic nitrogens is 5. The van der Waals surface area contributed by atoms with E-state index in [9.17, 15) is 0 Å². The van der Waals surface area contributed by atoms with Crippen LogP contribution in [0, 0.1) is 6.92 Å². The maximum absolute atomic E-state index is 5.93. The molecule has 1 saturated heterocycles. The van der Waals surface area contributed by atoms with Gasteiger partial charge >= 0.3 is 6.01 Å². The number of anilines is 2. The number of aryl methyl sites for hydroxylation is 1. The van der Waals surface area contributed by atoms with Crippen LogP contribution in [0.5, 0.6) is 6.01 Å². The van der Waals surface area contributed by atoms with Crippen molar-refractivity contribution in [1.29, 1.82) is 0 Å². The highest BCUT2D eigenvalue weighted by Crippen LogP contribution is 2.21. The Morgan fingerprint density at radius 2 is 2.04 bits per heavy atom. The lowest BCUT2D eigenvalue weighted by molar-refractivity contribution is 0.371. The number of hydrogen-bond donors (Lipinski definition) is 2. The number of hydrogen-bond acceptors (Lipinski definition) is 8. The molecule has 0 bridgehead atoms. The van der Waals surface area contributed by atoms with Crippen LogP contribution in [0.2, 0.25) is 0 Å². The summed E-state index contributed by atoms with van der Waals surface area (Å²) in [6.45, 7) is 6.06. The summed E-state index contributed by atoms with van der Waals surface area (Å²) in [4.78, 5) is 15.4. The van der Waals surface area contributed by atoms with Crippen molar-refractivity contribution in [1.82, 2.24) is 29.9 Å². The molecule has 0 aromatic carbocycles. The molecule has 3 aromatic rings. The van der Waals surface area contributed by atoms with Crippen LogP contribution in [0.15, 0.2) is 18.5 Å². The maximum atomic E-state index is 5.93. The predicted molar refractivity (Wildman–Crippen MR) is 98.6 cm³/mol. The first-order valence-electron chi connectivity index (χ1n) is 8.61. The fourth-order valence-electron chi connectivity index (χ4n) is 3.27. The Labute approximate surface area is 151 Å². The number of nitrogens with two attached hydrogens (primary N) is 1. The summed E-state index contributed by atoms with van der Waals surface area (Å²) in [5.74, 6) is 1.35. The molecule has 136 valence electrons. The number of imidazole rings is 1. The lowest BCUT2D eigenvalue weighted by atomic mass is 10.1. The quantitative estimate of drug-likeness (QED) is 0.694. The van der Waals surface area contributed by atoms with Crippen molar-refractivity contribution >= 4 is 17.3 Å². The third kappa shape index (κ3) is 3.01. The second-order valence-electron chi connectivity index (χ2n) is 6.37. The van der Waals surface area contributed by atoms with Gasteiger partial charge < -0.3 is 20.7 Å². The molecule has 1 aliphatic heterocycles. The molecule has 4 rings (SSSR count). The van der Waals surface area contributed by atoms with Gasteiger partial charge in [-0.15, -0.1) is 5.10 Å². The molecule has 4 heterocycles. The Hall–Kier alpha value is -2.94. The third-order valence-electron chi connectivity index (χ3n) is 4.53. The summed E-state index contributed by atoms with van der Waals surface area (Å²) in [7, 11) is 1.51. The van der Waals surface area contributed by atoms with Gasteiger partial charge in [0.25, 0.3) is 0 Å². The molecule has 26 heavy (non-hydrogen) atoms. The van der Waals surface area contributed by atoms with Crippen molar-refractivity contribution < 1.29 is 4.74 Å². The van der Waals surface area contributed by atoms with Gasteiger partial charge in [0, 0.05) is 38.8 Å². The molecule has 1 fully saturated rings. The number of methoxy groups -OCH3 is 1. The van der Waals surface area contributed by atoms with E-state index in [1.807, 2.05) is 6.20 Å². The van der Waals surface area contributed by atoms with Crippen LogP contribution >= 0.6 is 0 Å². The molecule has 9 nitrogen and oxygen atoms in total. The Kier molecular flexibility index (Phi) is 4.29. The van der Waals surface area contributed by atoms with E-state index in [2.05, 4.69) is 38.3 Å². The van der Waals surface area contributed by atoms with E-state index < -0.39 is 0 Å². The summed E-state index contributed by atoms with van der Waals surface area (Å²) in [5.41, 5.74) is 9.63. The monoisotopic (exact) mass is 354 g/mol. The van der Waals surface area contributed by atoms with Crippen molar-refractivity contribution in [3.05, 3.63) is 35.3 Å². The number of pyridine rings is 1. The van der Waals surface area contributed by atoms with Crippen molar-refractivity contribution in [2.75, 3.05) is 43.9 Å². The standard InChI is InChI=1S/C17H22N8O/c1-11-7-12(9-20-15(11)24-5-3-19-4-6-24)8-13-10-21-16-14(18)22-17(26-2)23-25(13)16/h7,9-10,19H,3-6,8H2,1-2H3,(H2,18,22,23). The summed E-state index contributed by atoms with van der Waals surface area (Å²) >= 11 is 0. The van der Waals surface area contributed by atoms with Gasteiger partial charge in [0.15, 0.2) is 11.5 Å². The van der Waals surface area contributed by atoms with E-state index in [1.54, 1.807) is 10.7 Å². The Morgan fingerprint density at radius 3 is 2.77 bits per heavy atom. The summed E-state index contributed by atoms with van der Waals surface area (Å²) in [6, 6.07) is 2.39. The van der Waals surface area contributed by atoms with Crippen LogP contribution in [0.3, 0.4) is 0 Å². The zero-order chi connectivity index (χ0) is 18.1. The third-order valence-corrected chi connectivity index (χ3v) is 4.53. The maximum Gasteiger partial charge on any atom is 0.336 e. The van der Waals surface area contributed by atoms with E-state index in [1.165, 1.54) is 12.7 Å². The SMILES string of the molecule is COc1nc(N)c2ncc(Cc3cnc(N4CCNCC4)c(C)c3)n2n1. The number of rotatable bonds is 4. The highest BCUT2D eigenvalue weighted by molar-refractivity contribution is 5.60. The molecule has 3 aromatic heterocycles. The summed E-state index contributed by atoms with van der Waals surface area (Å²) < 4.78 is 6.79. The van der Waals surface area contributed by atoms with E-state index in [0.717, 1.165) is 43.3 Å². The number of ether oxygens (including phenoxy) is 1. The zero-order valence-corrected chi connectivity index (χ0v) is 14.9. The normalized spacial score (nSPS) is 14.8. The van der Waals surface area contributed by atoms with E-state index >= 15 is 0 Å². The number of fused-ring (bicyclic) bond motifs is 1. The van der Waals surface area contributed by atoms with E-state index in [-0.39, 0.29) is 6.01 Å². The average Bonchev–Trinajstić information content (AvgIpc) is 3.06. The smallest absolute Gasteiger partial charge is 0.336 e. The Bertz CT molecular complexity index is 932. The van der Waals surface area contributed by atoms with Crippen LogP contribution in [-0.4, -0.2) is 57.9 Å². The second kappa shape index (κ2) is 6.75. The van der Waals surface area contributed by atoms with Crippen molar-refractivity contribution in [2.24, 2.45) is 0 Å². The first kappa shape index (κ1) is 16.5. The van der Waals surface area contributed by atoms with Gasteiger partial charge in [-0.2, -0.15) is 4.98 Å². The lowest BCUT2D eigenvalue weighted by Gasteiger charge is -2.29. The summed E-state index contributed by atoms with van der Waals surface area (Å²) in [5, 5.41) is 7.69. The van der Waals surface area contributed by atoms with E-state index in [0.29, 0.717) is 17.9 Å². The lowest BCUT2D eigenvalue weighted by Crippen LogP contribution is -2.44. The molecule has 0 saturated carbocycles. The average molecular weight is 354 g/mol. The predicted octanol–water partition coefficient (Wildman–Crippen LogP) is 0.419. The van der Waals surface area contributed by atoms with Crippen LogP contribution in [-0.2, 0) is 6.42 Å². The van der Waals surface area contributed by atoms with Gasteiger partial charge in [0.05, 0.1) is 19.0 Å². The van der Waals surface area contributed by atoms with Gasteiger partial charge in [-0.3, -0.25) is 0 Å². The number of piperazine rings is 1. The van der Waals surface area contributed by atoms with Crippen LogP contribution in [0.1, 0.15) is 16.8 Å². The van der Waals surface area contributed by atoms with Crippen LogP contribution < -0.4 is 20.7 Å². The molecule has 0 atom stereocenters. The van der Waals surface area contributed by atoms with Crippen molar-refractivity contribution in [2.45, 2.75) is 13.3 Å². The molecule has 9 heteroatoms. The first-order chi connectivity index (χ1) is 12.7. The van der Waals surface area contributed by atoms with E-state index in [4.69, 9.17) is 15.5 Å². The van der Waals surface area contributed by atoms with Crippen molar-refractivity contribution in [3.8, 4) is 6.01 Å². The second-order valence-corrected chi connectivity index (χ2v) is 6.37. The molecule has 0 aliphatic carbocycles. The minimum Gasteiger partial charge on any atom is -0.466 e. The van der Waals surface area contributed by atoms with Gasteiger partial charge in [-0.25, -0.2) is 14.5 Å². The Morgan fingerprint density at radius 1 is 1.23 bits per heavy atom. The molecule has 0 amide bonds. The highest BCUT2D eigenvalue weighted by Gasteiger charge is 2.16. The Balaban J connectivity index is 1.62. The van der Waals surface area contributed by atoms with Gasteiger partial charge in [0.2, 0.25) is 0 Å². The highest BCUT2D eigenvalue weighted by atomic mass is 16.5. The number of nitrogens with zero attached hydrogens (tertiary/aromatic N) is 6. The first-order valence-corrected chi connectivity index (χ1v) is 8.61. The van der Waals surface area contributed by atoms with Gasteiger partial charge in [-0.1, -0.05) is 6.07 Å². The molecule has 3 N–H and O–H groups in total. The largest absolute Gasteiger partial charge is 0.466 e. The minimum absolute atomic E-state index is 0.220. The molecule has 1 aliphatic rings. The number of nitrogen functional groups attached to an aromatic ring is 1. The van der Waals surface area contributed by atoms with Gasteiger partial charge in [0.1, 0.15) is 5.82 Å². The topological polar surface area (TPSA) is 106 Å². The molecular formula is C17H22N8O. The zero-order valence-electron chi connectivity index (χ0n) is 14.9. The number of nitrogens with one attached hydrogen (secondary N) is 1. The fourth-order valence-corrected chi connectivity index (χ4v) is 3.27. The van der Waals surface area contributed by atoms with Crippen LogP contribution in [0.4, 0.5) is 11.6 Å². The molecular weight excluding hydrogens is 332 g/mol. The fraction of sp³-hybridized carbons (Fsp3) is 0.412. The minimum atomic E-state index is 0.220. The molecule has 0 spiro atoms. The molecule has 0 radical (unpaired) electrons. The van der Waals surface area contributed by atoms with Gasteiger partial charge in [-0.05, 0) is 18.1 Å². The van der Waals surface area contributed by atoms with Crippen LogP contribution in [0.25, 0.3) is 5.65 Å².